The Balaban J connectivity index is 3.46. The monoisotopic (exact) mass is 283 g/mol. The lowest BCUT2D eigenvalue weighted by Crippen LogP contribution is -2.14. The molecule has 122 valence electrons. The van der Waals surface area contributed by atoms with Gasteiger partial charge >= 0.3 is 0 Å². The molecule has 0 aromatic rings. The standard InChI is InChI=1S/C19H41N/c1-7-19(15-12-16-20(5)6)14-11-9-8-10-13-18(4)17(2)3/h17-19H,7-16H2,1-6H3. The summed E-state index contributed by atoms with van der Waals surface area (Å²) in [6, 6.07) is 0. The van der Waals surface area contributed by atoms with Crippen LogP contribution >= 0.6 is 0 Å². The van der Waals surface area contributed by atoms with Gasteiger partial charge in [-0.15, -0.1) is 0 Å². The number of hydrogen-bond donors (Lipinski definition) is 0. The first-order chi connectivity index (χ1) is 9.47. The van der Waals surface area contributed by atoms with Crippen LogP contribution < -0.4 is 0 Å². The van der Waals surface area contributed by atoms with E-state index in [0.717, 1.165) is 17.8 Å². The summed E-state index contributed by atoms with van der Waals surface area (Å²) in [7, 11) is 4.36. The van der Waals surface area contributed by atoms with Gasteiger partial charge in [0.25, 0.3) is 0 Å². The van der Waals surface area contributed by atoms with E-state index in [0.29, 0.717) is 0 Å². The van der Waals surface area contributed by atoms with Gasteiger partial charge in [0.1, 0.15) is 0 Å². The predicted octanol–water partition coefficient (Wildman–Crippen LogP) is 5.99. The van der Waals surface area contributed by atoms with Crippen LogP contribution in [0.15, 0.2) is 0 Å². The number of hydrogen-bond acceptors (Lipinski definition) is 1. The van der Waals surface area contributed by atoms with Crippen LogP contribution in [-0.4, -0.2) is 25.5 Å². The number of unbranched alkanes of at least 4 members (excludes halogenated alkanes) is 3. The van der Waals surface area contributed by atoms with Crippen molar-refractivity contribution in [1.29, 1.82) is 0 Å². The number of rotatable bonds is 13. The van der Waals surface area contributed by atoms with Gasteiger partial charge in [-0.1, -0.05) is 72.6 Å². The summed E-state index contributed by atoms with van der Waals surface area (Å²) >= 11 is 0. The zero-order valence-corrected chi connectivity index (χ0v) is 15.3. The third kappa shape index (κ3) is 11.8. The van der Waals surface area contributed by atoms with Crippen LogP contribution in [0.1, 0.15) is 85.5 Å². The van der Waals surface area contributed by atoms with Crippen LogP contribution in [0.4, 0.5) is 0 Å². The van der Waals surface area contributed by atoms with Crippen LogP contribution in [0.3, 0.4) is 0 Å². The molecule has 0 aromatic carbocycles. The largest absolute Gasteiger partial charge is 0.309 e. The zero-order chi connectivity index (χ0) is 15.4. The Morgan fingerprint density at radius 2 is 1.30 bits per heavy atom. The second-order valence-electron chi connectivity index (χ2n) is 7.43. The smallest absolute Gasteiger partial charge is 0.00247 e. The second-order valence-corrected chi connectivity index (χ2v) is 7.43. The average Bonchev–Trinajstić information content (AvgIpc) is 2.39. The van der Waals surface area contributed by atoms with Crippen molar-refractivity contribution < 1.29 is 0 Å². The van der Waals surface area contributed by atoms with E-state index in [-0.39, 0.29) is 0 Å². The molecule has 0 amide bonds. The minimum atomic E-state index is 0.858. The normalized spacial score (nSPS) is 15.0. The predicted molar refractivity (Wildman–Crippen MR) is 93.3 cm³/mol. The molecule has 1 nitrogen and oxygen atoms in total. The first-order valence-electron chi connectivity index (χ1n) is 9.12. The molecule has 0 rings (SSSR count). The SMILES string of the molecule is CCC(CCCCCCC(C)C(C)C)CCCN(C)C. The molecule has 2 unspecified atom stereocenters. The summed E-state index contributed by atoms with van der Waals surface area (Å²) in [5.74, 6) is 2.74. The fourth-order valence-corrected chi connectivity index (χ4v) is 2.83. The zero-order valence-electron chi connectivity index (χ0n) is 15.3. The Kier molecular flexibility index (Phi) is 12.7. The Bertz CT molecular complexity index is 198. The van der Waals surface area contributed by atoms with E-state index >= 15 is 0 Å². The van der Waals surface area contributed by atoms with Gasteiger partial charge in [0.2, 0.25) is 0 Å². The van der Waals surface area contributed by atoms with Gasteiger partial charge in [0.05, 0.1) is 0 Å². The quantitative estimate of drug-likeness (QED) is 0.375. The molecule has 0 saturated carbocycles. The lowest BCUT2D eigenvalue weighted by molar-refractivity contribution is 0.342. The Morgan fingerprint density at radius 1 is 0.750 bits per heavy atom. The highest BCUT2D eigenvalue weighted by atomic mass is 15.0. The summed E-state index contributed by atoms with van der Waals surface area (Å²) in [6.45, 7) is 10.7. The van der Waals surface area contributed by atoms with Gasteiger partial charge < -0.3 is 4.90 Å². The van der Waals surface area contributed by atoms with E-state index in [2.05, 4.69) is 46.7 Å². The molecular weight excluding hydrogens is 242 g/mol. The van der Waals surface area contributed by atoms with Crippen LogP contribution in [0.25, 0.3) is 0 Å². The summed E-state index contributed by atoms with van der Waals surface area (Å²) < 4.78 is 0. The lowest BCUT2D eigenvalue weighted by atomic mass is 9.91. The topological polar surface area (TPSA) is 3.24 Å². The molecule has 0 saturated heterocycles. The van der Waals surface area contributed by atoms with Gasteiger partial charge in [0, 0.05) is 0 Å². The van der Waals surface area contributed by atoms with Gasteiger partial charge in [-0.25, -0.2) is 0 Å². The molecule has 1 heteroatoms. The van der Waals surface area contributed by atoms with Gasteiger partial charge in [0.15, 0.2) is 0 Å². The van der Waals surface area contributed by atoms with Crippen LogP contribution in [-0.2, 0) is 0 Å². The summed E-state index contributed by atoms with van der Waals surface area (Å²) in [5, 5.41) is 0. The lowest BCUT2D eigenvalue weighted by Gasteiger charge is -2.17. The molecule has 0 aliphatic heterocycles. The van der Waals surface area contributed by atoms with Crippen molar-refractivity contribution >= 4 is 0 Å². The number of nitrogens with zero attached hydrogens (tertiary/aromatic N) is 1. The van der Waals surface area contributed by atoms with Crippen LogP contribution in [0, 0.1) is 17.8 Å². The highest BCUT2D eigenvalue weighted by molar-refractivity contribution is 4.61. The Labute approximate surface area is 129 Å². The van der Waals surface area contributed by atoms with Crippen molar-refractivity contribution in [2.45, 2.75) is 85.5 Å². The molecular formula is C19H41N. The molecule has 0 fully saturated rings. The average molecular weight is 284 g/mol. The van der Waals surface area contributed by atoms with Crippen LogP contribution in [0.2, 0.25) is 0 Å². The minimum Gasteiger partial charge on any atom is -0.309 e. The van der Waals surface area contributed by atoms with Gasteiger partial charge in [-0.2, -0.15) is 0 Å². The third-order valence-electron chi connectivity index (χ3n) is 4.95. The van der Waals surface area contributed by atoms with Gasteiger partial charge in [-0.3, -0.25) is 0 Å². The van der Waals surface area contributed by atoms with E-state index in [4.69, 9.17) is 0 Å². The van der Waals surface area contributed by atoms with Crippen molar-refractivity contribution in [2.75, 3.05) is 20.6 Å². The van der Waals surface area contributed by atoms with Crippen molar-refractivity contribution in [1.82, 2.24) is 4.90 Å². The van der Waals surface area contributed by atoms with E-state index in [9.17, 15) is 0 Å². The summed E-state index contributed by atoms with van der Waals surface area (Å²) in [4.78, 5) is 2.31. The summed E-state index contributed by atoms with van der Waals surface area (Å²) in [5.41, 5.74) is 0. The van der Waals surface area contributed by atoms with Crippen molar-refractivity contribution in [3.05, 3.63) is 0 Å². The summed E-state index contributed by atoms with van der Waals surface area (Å²) in [6.07, 6.45) is 12.9. The molecule has 0 bridgehead atoms. The van der Waals surface area contributed by atoms with Gasteiger partial charge in [-0.05, 0) is 51.2 Å². The van der Waals surface area contributed by atoms with E-state index < -0.39 is 0 Å². The minimum absolute atomic E-state index is 0.858. The maximum absolute atomic E-state index is 2.41. The second kappa shape index (κ2) is 12.7. The maximum Gasteiger partial charge on any atom is -0.00247 e. The van der Waals surface area contributed by atoms with Crippen molar-refractivity contribution in [2.24, 2.45) is 17.8 Å². The third-order valence-corrected chi connectivity index (χ3v) is 4.95. The van der Waals surface area contributed by atoms with Crippen LogP contribution in [0.5, 0.6) is 0 Å². The fourth-order valence-electron chi connectivity index (χ4n) is 2.83. The molecule has 0 radical (unpaired) electrons. The maximum atomic E-state index is 2.41. The van der Waals surface area contributed by atoms with Crippen molar-refractivity contribution in [3.63, 3.8) is 0 Å². The highest BCUT2D eigenvalue weighted by Gasteiger charge is 2.08. The van der Waals surface area contributed by atoms with E-state index in [1.165, 1.54) is 64.3 Å². The van der Waals surface area contributed by atoms with Crippen molar-refractivity contribution in [3.8, 4) is 0 Å². The highest BCUT2D eigenvalue weighted by Crippen LogP contribution is 2.21. The molecule has 0 aliphatic carbocycles. The Morgan fingerprint density at radius 3 is 1.80 bits per heavy atom. The molecule has 0 spiro atoms. The first-order valence-corrected chi connectivity index (χ1v) is 9.12. The molecule has 20 heavy (non-hydrogen) atoms. The molecule has 0 aromatic heterocycles. The first kappa shape index (κ1) is 20.0. The molecule has 2 atom stereocenters. The molecule has 0 N–H and O–H groups in total. The fraction of sp³-hybridized carbons (Fsp3) is 1.00. The molecule has 0 heterocycles. The van der Waals surface area contributed by atoms with E-state index in [1.54, 1.807) is 0 Å². The Hall–Kier alpha value is -0.0400. The molecule has 0 aliphatic rings. The van der Waals surface area contributed by atoms with E-state index in [1.807, 2.05) is 0 Å².